The van der Waals surface area contributed by atoms with Gasteiger partial charge in [0.25, 0.3) is 17.6 Å². The lowest BCUT2D eigenvalue weighted by Crippen LogP contribution is -2.52. The van der Waals surface area contributed by atoms with Crippen LogP contribution in [0.25, 0.3) is 5.76 Å². The molecule has 1 fully saturated rings. The fraction of sp³-hybridized carbons (Fsp3) is 0.227. The summed E-state index contributed by atoms with van der Waals surface area (Å²) < 4.78 is 10.4. The Labute approximate surface area is 183 Å². The van der Waals surface area contributed by atoms with Gasteiger partial charge in [-0.05, 0) is 30.3 Å². The second-order valence-corrected chi connectivity index (χ2v) is 7.52. The average molecular weight is 443 g/mol. The van der Waals surface area contributed by atoms with Gasteiger partial charge in [0, 0.05) is 36.1 Å². The predicted octanol–water partition coefficient (Wildman–Crippen LogP) is 2.49. The van der Waals surface area contributed by atoms with E-state index in [1.54, 1.807) is 24.3 Å². The Morgan fingerprint density at radius 1 is 1.10 bits per heavy atom. The van der Waals surface area contributed by atoms with E-state index in [9.17, 15) is 19.5 Å². The summed E-state index contributed by atoms with van der Waals surface area (Å²) in [7, 11) is 2.77. The fourth-order valence-corrected chi connectivity index (χ4v) is 4.21. The number of aliphatic hydroxyl groups is 1. The van der Waals surface area contributed by atoms with Gasteiger partial charge in [0.2, 0.25) is 0 Å². The number of Topliss-reactive ketones (excluding diaryl/α,β-unsaturated/α-hetero) is 1. The third-order valence-electron chi connectivity index (χ3n) is 5.54. The van der Waals surface area contributed by atoms with Crippen molar-refractivity contribution >= 4 is 40.6 Å². The van der Waals surface area contributed by atoms with Gasteiger partial charge in [-0.3, -0.25) is 14.4 Å². The number of hydrogen-bond acceptors (Lipinski definition) is 6. The molecule has 2 aliphatic rings. The summed E-state index contributed by atoms with van der Waals surface area (Å²) in [5.41, 5.74) is -1.14. The zero-order valence-corrected chi connectivity index (χ0v) is 17.5. The summed E-state index contributed by atoms with van der Waals surface area (Å²) in [5, 5.41) is 14.3. The van der Waals surface area contributed by atoms with Crippen molar-refractivity contribution in [1.29, 1.82) is 0 Å². The molecule has 0 saturated carbocycles. The molecule has 0 aromatic heterocycles. The minimum Gasteiger partial charge on any atom is -0.507 e. The zero-order chi connectivity index (χ0) is 22.3. The molecule has 0 radical (unpaired) electrons. The van der Waals surface area contributed by atoms with Crippen molar-refractivity contribution < 1.29 is 29.0 Å². The van der Waals surface area contributed by atoms with Gasteiger partial charge in [-0.2, -0.15) is 0 Å². The molecule has 2 aromatic rings. The Balaban J connectivity index is 2.01. The molecule has 4 rings (SSSR count). The minimum absolute atomic E-state index is 0.212. The number of methoxy groups -OCH3 is 2. The van der Waals surface area contributed by atoms with Crippen molar-refractivity contribution in [2.75, 3.05) is 26.1 Å². The highest BCUT2D eigenvalue weighted by Gasteiger charge is 2.65. The molecule has 1 spiro atoms. The summed E-state index contributed by atoms with van der Waals surface area (Å²) in [5.74, 6) is -3.03. The first-order chi connectivity index (χ1) is 14.9. The number of ketones is 1. The van der Waals surface area contributed by atoms with Crippen molar-refractivity contribution in [2.45, 2.75) is 11.8 Å². The second kappa shape index (κ2) is 7.81. The maximum absolute atomic E-state index is 13.4. The highest BCUT2D eigenvalue weighted by atomic mass is 35.5. The van der Waals surface area contributed by atoms with Crippen LogP contribution in [0, 0.1) is 0 Å². The summed E-state index contributed by atoms with van der Waals surface area (Å²) in [6.07, 6.45) is -0.897. The Hall–Kier alpha value is -3.20. The molecular weight excluding hydrogens is 424 g/mol. The van der Waals surface area contributed by atoms with Gasteiger partial charge in [0.05, 0.1) is 12.1 Å². The van der Waals surface area contributed by atoms with Crippen LogP contribution < -0.4 is 5.32 Å². The number of rotatable bonds is 5. The SMILES string of the molecule is COC(CN1C(=O)C(=O)C(=C(O)c2ccc(Cl)cc2)[C@]12C(=O)Nc1ccccc12)OC. The van der Waals surface area contributed by atoms with Crippen molar-refractivity contribution in [2.24, 2.45) is 0 Å². The lowest BCUT2D eigenvalue weighted by Gasteiger charge is -2.35. The Morgan fingerprint density at radius 3 is 2.39 bits per heavy atom. The van der Waals surface area contributed by atoms with Gasteiger partial charge in [-0.1, -0.05) is 29.8 Å². The van der Waals surface area contributed by atoms with Crippen LogP contribution in [0.2, 0.25) is 5.02 Å². The number of para-hydroxylation sites is 1. The van der Waals surface area contributed by atoms with E-state index in [1.807, 2.05) is 0 Å². The average Bonchev–Trinajstić information content (AvgIpc) is 3.18. The van der Waals surface area contributed by atoms with E-state index in [4.69, 9.17) is 21.1 Å². The third-order valence-corrected chi connectivity index (χ3v) is 5.79. The van der Waals surface area contributed by atoms with Crippen LogP contribution in [0.1, 0.15) is 11.1 Å². The van der Waals surface area contributed by atoms with Crippen LogP contribution in [0.3, 0.4) is 0 Å². The molecule has 0 unspecified atom stereocenters. The van der Waals surface area contributed by atoms with Crippen molar-refractivity contribution in [1.82, 2.24) is 4.90 Å². The first-order valence-corrected chi connectivity index (χ1v) is 9.76. The van der Waals surface area contributed by atoms with Crippen LogP contribution in [0.15, 0.2) is 54.1 Å². The molecule has 0 bridgehead atoms. The summed E-state index contributed by atoms with van der Waals surface area (Å²) >= 11 is 5.93. The maximum atomic E-state index is 13.4. The molecular formula is C22H19ClN2O6. The molecule has 9 heteroatoms. The normalized spacial score (nSPS) is 21.8. The summed E-state index contributed by atoms with van der Waals surface area (Å²) in [6, 6.07) is 12.8. The monoisotopic (exact) mass is 442 g/mol. The highest BCUT2D eigenvalue weighted by Crippen LogP contribution is 2.51. The van der Waals surface area contributed by atoms with Crippen molar-refractivity contribution in [3.63, 3.8) is 0 Å². The molecule has 8 nitrogen and oxygen atoms in total. The number of likely N-dealkylation sites (tertiary alicyclic amines) is 1. The minimum atomic E-state index is -1.87. The van der Waals surface area contributed by atoms with Gasteiger partial charge >= 0.3 is 0 Å². The molecule has 1 saturated heterocycles. The number of amides is 2. The number of hydrogen-bond donors (Lipinski definition) is 2. The van der Waals surface area contributed by atoms with E-state index in [2.05, 4.69) is 5.32 Å². The Morgan fingerprint density at radius 2 is 1.74 bits per heavy atom. The number of nitrogens with zero attached hydrogens (tertiary/aromatic N) is 1. The molecule has 2 heterocycles. The van der Waals surface area contributed by atoms with Crippen molar-refractivity contribution in [3.8, 4) is 0 Å². The Kier molecular flexibility index (Phi) is 5.30. The van der Waals surface area contributed by atoms with Gasteiger partial charge in [-0.15, -0.1) is 0 Å². The standard InChI is InChI=1S/C22H19ClN2O6/c1-30-16(31-2)11-25-20(28)19(27)17(18(26)12-7-9-13(23)10-8-12)22(25)14-5-3-4-6-15(14)24-21(22)29/h3-10,16,26H,11H2,1-2H3,(H,24,29)/t22-/m1/s1. The maximum Gasteiger partial charge on any atom is 0.296 e. The fourth-order valence-electron chi connectivity index (χ4n) is 4.09. The Bertz CT molecular complexity index is 1110. The summed E-state index contributed by atoms with van der Waals surface area (Å²) in [4.78, 5) is 40.8. The number of aliphatic hydroxyl groups excluding tert-OH is 1. The predicted molar refractivity (Wildman–Crippen MR) is 112 cm³/mol. The lowest BCUT2D eigenvalue weighted by molar-refractivity contribution is -0.155. The molecule has 2 N–H and O–H groups in total. The second-order valence-electron chi connectivity index (χ2n) is 7.09. The molecule has 2 aromatic carbocycles. The highest BCUT2D eigenvalue weighted by molar-refractivity contribution is 6.49. The molecule has 0 aliphatic carbocycles. The first-order valence-electron chi connectivity index (χ1n) is 9.38. The quantitative estimate of drug-likeness (QED) is 0.319. The van der Waals surface area contributed by atoms with Crippen molar-refractivity contribution in [3.05, 3.63) is 70.3 Å². The number of halogens is 1. The van der Waals surface area contributed by atoms with Gasteiger partial charge < -0.3 is 24.8 Å². The largest absolute Gasteiger partial charge is 0.507 e. The van der Waals surface area contributed by atoms with E-state index < -0.39 is 35.2 Å². The molecule has 160 valence electrons. The van der Waals surface area contributed by atoms with E-state index >= 15 is 0 Å². The number of carbonyl (C=O) groups excluding carboxylic acids is 3. The number of benzene rings is 2. The van der Waals surface area contributed by atoms with E-state index in [0.29, 0.717) is 16.3 Å². The van der Waals surface area contributed by atoms with Crippen LogP contribution >= 0.6 is 11.6 Å². The number of ether oxygens (including phenoxy) is 2. The number of fused-ring (bicyclic) bond motifs is 2. The van der Waals surface area contributed by atoms with Crippen LogP contribution in [-0.2, 0) is 29.4 Å². The first kappa shape index (κ1) is 21.0. The van der Waals surface area contributed by atoms with Gasteiger partial charge in [-0.25, -0.2) is 0 Å². The van der Waals surface area contributed by atoms with Crippen LogP contribution in [-0.4, -0.2) is 54.7 Å². The number of carbonyl (C=O) groups is 3. The molecule has 2 aliphatic heterocycles. The molecule has 31 heavy (non-hydrogen) atoms. The molecule has 1 atom stereocenters. The van der Waals surface area contributed by atoms with Gasteiger partial charge in [0.15, 0.2) is 11.8 Å². The van der Waals surface area contributed by atoms with E-state index in [1.165, 1.54) is 38.5 Å². The lowest BCUT2D eigenvalue weighted by atomic mass is 9.82. The van der Waals surface area contributed by atoms with E-state index in [-0.39, 0.29) is 17.7 Å². The summed E-state index contributed by atoms with van der Waals surface area (Å²) in [6.45, 7) is -0.212. The smallest absolute Gasteiger partial charge is 0.296 e. The topological polar surface area (TPSA) is 105 Å². The number of nitrogens with one attached hydrogen (secondary N) is 1. The van der Waals surface area contributed by atoms with Crippen LogP contribution in [0.5, 0.6) is 0 Å². The van der Waals surface area contributed by atoms with E-state index in [0.717, 1.165) is 4.90 Å². The number of anilines is 1. The molecule has 2 amide bonds. The zero-order valence-electron chi connectivity index (χ0n) is 16.7. The van der Waals surface area contributed by atoms with Gasteiger partial charge in [0.1, 0.15) is 5.76 Å². The third kappa shape index (κ3) is 3.03. The van der Waals surface area contributed by atoms with Crippen LogP contribution in [0.4, 0.5) is 5.69 Å².